The highest BCUT2D eigenvalue weighted by Crippen LogP contribution is 2.34. The van der Waals surface area contributed by atoms with Crippen molar-refractivity contribution in [2.45, 2.75) is 43.9 Å². The largest absolute Gasteiger partial charge is 0.336 e. The fraction of sp³-hybridized carbons (Fsp3) is 0.233. The number of nitrogens with one attached hydrogen (secondary N) is 4. The molecule has 10 heteroatoms. The second-order valence-corrected chi connectivity index (χ2v) is 11.8. The zero-order valence-corrected chi connectivity index (χ0v) is 23.1. The summed E-state index contributed by atoms with van der Waals surface area (Å²) in [6, 6.07) is 24.1. The van der Waals surface area contributed by atoms with Crippen molar-refractivity contribution >= 4 is 26.9 Å². The van der Waals surface area contributed by atoms with Crippen molar-refractivity contribution in [3.05, 3.63) is 122 Å². The molecule has 2 unspecified atom stereocenters. The van der Waals surface area contributed by atoms with E-state index in [0.29, 0.717) is 11.5 Å². The lowest BCUT2D eigenvalue weighted by molar-refractivity contribution is 0.447. The number of fused-ring (bicyclic) bond motifs is 1. The molecule has 3 aromatic carbocycles. The first-order chi connectivity index (χ1) is 19.2. The zero-order chi connectivity index (χ0) is 28.3. The van der Waals surface area contributed by atoms with E-state index in [1.165, 1.54) is 5.56 Å². The van der Waals surface area contributed by atoms with Crippen LogP contribution in [-0.4, -0.2) is 28.4 Å². The van der Waals surface area contributed by atoms with Gasteiger partial charge in [-0.25, -0.2) is 18.2 Å². The highest BCUT2D eigenvalue weighted by molar-refractivity contribution is 7.92. The topological polar surface area (TPSA) is 141 Å². The lowest BCUT2D eigenvalue weighted by Crippen LogP contribution is -2.21. The standard InChI is InChI=1S/C30H31N5O4S/c1-19-11-17-24(18-12-19)40(38,39)35-23-15-13-22(14-16-23)25(20(2)7-6-10-21-8-4-3-5-9-21)27-31-26-28(32-27)33-30(37)34-29(26)36/h3-5,8-9,11-18,20,25,35H,6-7,10H2,1-2H3,(H3,31,32,33,34,36,37). The quantitative estimate of drug-likeness (QED) is 0.195. The summed E-state index contributed by atoms with van der Waals surface area (Å²) >= 11 is 0. The SMILES string of the molecule is Cc1ccc(S(=O)(=O)Nc2ccc(C(c3nc4[nH]c(=O)[nH]c(=O)c4[nH]3)C(C)CCCc3ccccc3)cc2)cc1. The molecule has 2 aromatic heterocycles. The van der Waals surface area contributed by atoms with Crippen LogP contribution in [0.25, 0.3) is 11.2 Å². The molecule has 9 nitrogen and oxygen atoms in total. The van der Waals surface area contributed by atoms with E-state index in [4.69, 9.17) is 0 Å². The molecule has 40 heavy (non-hydrogen) atoms. The number of hydrogen-bond donors (Lipinski definition) is 4. The van der Waals surface area contributed by atoms with Gasteiger partial charge in [0.1, 0.15) is 11.3 Å². The maximum absolute atomic E-state index is 12.9. The number of hydrogen-bond acceptors (Lipinski definition) is 5. The molecule has 0 radical (unpaired) electrons. The predicted molar refractivity (Wildman–Crippen MR) is 156 cm³/mol. The van der Waals surface area contributed by atoms with Gasteiger partial charge < -0.3 is 4.98 Å². The third kappa shape index (κ3) is 6.07. The average molecular weight is 558 g/mol. The normalized spacial score (nSPS) is 13.2. The minimum atomic E-state index is -3.74. The van der Waals surface area contributed by atoms with Crippen LogP contribution >= 0.6 is 0 Å². The summed E-state index contributed by atoms with van der Waals surface area (Å²) in [7, 11) is -3.74. The van der Waals surface area contributed by atoms with Gasteiger partial charge in [0.05, 0.1) is 4.90 Å². The van der Waals surface area contributed by atoms with Crippen molar-refractivity contribution in [1.29, 1.82) is 0 Å². The van der Waals surface area contributed by atoms with E-state index < -0.39 is 21.3 Å². The van der Waals surface area contributed by atoms with E-state index >= 15 is 0 Å². The van der Waals surface area contributed by atoms with E-state index in [9.17, 15) is 18.0 Å². The number of sulfonamides is 1. The summed E-state index contributed by atoms with van der Waals surface area (Å²) in [4.78, 5) is 36.9. The molecule has 0 amide bonds. The first-order valence-electron chi connectivity index (χ1n) is 13.2. The van der Waals surface area contributed by atoms with Crippen LogP contribution in [0.2, 0.25) is 0 Å². The molecule has 206 valence electrons. The fourth-order valence-corrected chi connectivity index (χ4v) is 6.04. The second kappa shape index (κ2) is 11.4. The van der Waals surface area contributed by atoms with Gasteiger partial charge in [-0.05, 0) is 67.5 Å². The Labute approximate surface area is 231 Å². The second-order valence-electron chi connectivity index (χ2n) is 10.1. The van der Waals surface area contributed by atoms with Crippen molar-refractivity contribution in [2.24, 2.45) is 5.92 Å². The molecule has 2 atom stereocenters. The van der Waals surface area contributed by atoms with Crippen LogP contribution in [0.15, 0.2) is 93.3 Å². The Morgan fingerprint density at radius 3 is 2.27 bits per heavy atom. The van der Waals surface area contributed by atoms with Crippen LogP contribution in [-0.2, 0) is 16.4 Å². The third-order valence-electron chi connectivity index (χ3n) is 7.09. The Morgan fingerprint density at radius 1 is 0.875 bits per heavy atom. The first-order valence-corrected chi connectivity index (χ1v) is 14.6. The summed E-state index contributed by atoms with van der Waals surface area (Å²) in [5, 5.41) is 0. The monoisotopic (exact) mass is 557 g/mol. The maximum atomic E-state index is 12.9. The number of anilines is 1. The summed E-state index contributed by atoms with van der Waals surface area (Å²) in [5.41, 5.74) is 2.84. The minimum Gasteiger partial charge on any atom is -0.336 e. The van der Waals surface area contributed by atoms with Crippen LogP contribution in [0.3, 0.4) is 0 Å². The van der Waals surface area contributed by atoms with Crippen LogP contribution in [0.5, 0.6) is 0 Å². The molecule has 5 rings (SSSR count). The third-order valence-corrected chi connectivity index (χ3v) is 8.49. The summed E-state index contributed by atoms with van der Waals surface area (Å²) in [6.45, 7) is 4.03. The van der Waals surface area contributed by atoms with Gasteiger partial charge in [-0.1, -0.05) is 67.1 Å². The summed E-state index contributed by atoms with van der Waals surface area (Å²) in [6.07, 6.45) is 2.77. The van der Waals surface area contributed by atoms with Crippen molar-refractivity contribution in [1.82, 2.24) is 19.9 Å². The van der Waals surface area contributed by atoms with Gasteiger partial charge in [-0.15, -0.1) is 0 Å². The molecular weight excluding hydrogens is 526 g/mol. The highest BCUT2D eigenvalue weighted by Gasteiger charge is 2.26. The van der Waals surface area contributed by atoms with Gasteiger partial charge in [0.25, 0.3) is 15.6 Å². The smallest absolute Gasteiger partial charge is 0.327 e. The molecule has 0 aliphatic carbocycles. The number of aromatic nitrogens is 4. The maximum Gasteiger partial charge on any atom is 0.327 e. The Morgan fingerprint density at radius 2 is 1.57 bits per heavy atom. The van der Waals surface area contributed by atoms with Crippen molar-refractivity contribution < 1.29 is 8.42 Å². The highest BCUT2D eigenvalue weighted by atomic mass is 32.2. The fourth-order valence-electron chi connectivity index (χ4n) is 4.98. The van der Waals surface area contributed by atoms with Gasteiger partial charge in [0, 0.05) is 11.6 Å². The minimum absolute atomic E-state index is 0.116. The van der Waals surface area contributed by atoms with Crippen molar-refractivity contribution in [3.8, 4) is 0 Å². The average Bonchev–Trinajstić information content (AvgIpc) is 3.34. The number of aryl methyl sites for hydroxylation is 2. The van der Waals surface area contributed by atoms with Crippen LogP contribution < -0.4 is 16.0 Å². The van der Waals surface area contributed by atoms with E-state index in [0.717, 1.165) is 30.4 Å². The lowest BCUT2D eigenvalue weighted by atomic mass is 9.83. The Bertz CT molecular complexity index is 1820. The molecule has 4 N–H and O–H groups in total. The molecular formula is C30H31N5O4S. The van der Waals surface area contributed by atoms with Crippen LogP contribution in [0, 0.1) is 12.8 Å². The van der Waals surface area contributed by atoms with E-state index in [1.807, 2.05) is 37.3 Å². The van der Waals surface area contributed by atoms with Gasteiger partial charge >= 0.3 is 5.69 Å². The number of aromatic amines is 3. The number of nitrogens with zero attached hydrogens (tertiary/aromatic N) is 1. The molecule has 0 bridgehead atoms. The molecule has 0 spiro atoms. The van der Waals surface area contributed by atoms with Gasteiger partial charge in [0.2, 0.25) is 0 Å². The Kier molecular flexibility index (Phi) is 7.70. The van der Waals surface area contributed by atoms with Crippen molar-refractivity contribution in [3.63, 3.8) is 0 Å². The molecule has 0 saturated carbocycles. The number of imidazole rings is 1. The van der Waals surface area contributed by atoms with E-state index in [2.05, 4.69) is 43.7 Å². The van der Waals surface area contributed by atoms with E-state index in [1.54, 1.807) is 36.4 Å². The number of benzene rings is 3. The lowest BCUT2D eigenvalue weighted by Gasteiger charge is -2.23. The summed E-state index contributed by atoms with van der Waals surface area (Å²) < 4.78 is 28.4. The van der Waals surface area contributed by atoms with Crippen LogP contribution in [0.1, 0.15) is 48.2 Å². The molecule has 0 aliphatic rings. The van der Waals surface area contributed by atoms with Gasteiger partial charge in [-0.2, -0.15) is 0 Å². The Balaban J connectivity index is 1.42. The first kappa shape index (κ1) is 27.1. The van der Waals surface area contributed by atoms with E-state index in [-0.39, 0.29) is 27.9 Å². The predicted octanol–water partition coefficient (Wildman–Crippen LogP) is 4.84. The zero-order valence-electron chi connectivity index (χ0n) is 22.3. The Hall–Kier alpha value is -4.44. The van der Waals surface area contributed by atoms with Crippen LogP contribution in [0.4, 0.5) is 5.69 Å². The van der Waals surface area contributed by atoms with Gasteiger partial charge in [0.15, 0.2) is 5.65 Å². The number of H-pyrrole nitrogens is 3. The van der Waals surface area contributed by atoms with Crippen molar-refractivity contribution in [2.75, 3.05) is 4.72 Å². The molecule has 0 fully saturated rings. The van der Waals surface area contributed by atoms with Gasteiger partial charge in [-0.3, -0.25) is 19.5 Å². The molecule has 2 heterocycles. The number of rotatable bonds is 10. The molecule has 0 aliphatic heterocycles. The summed E-state index contributed by atoms with van der Waals surface area (Å²) in [5.74, 6) is 0.446. The molecule has 0 saturated heterocycles. The molecule has 5 aromatic rings.